The monoisotopic (exact) mass is 401 g/mol. The molecule has 1 heterocycles. The maximum absolute atomic E-state index is 12.7. The van der Waals surface area contributed by atoms with Crippen molar-refractivity contribution in [2.45, 2.75) is 17.5 Å². The Labute approximate surface area is 150 Å². The summed E-state index contributed by atoms with van der Waals surface area (Å²) < 4.78 is 64.2. The number of alkyl halides is 3. The Bertz CT molecular complexity index is 713. The quantitative estimate of drug-likeness (QED) is 0.775. The van der Waals surface area contributed by atoms with Crippen molar-refractivity contribution < 1.29 is 26.4 Å². The van der Waals surface area contributed by atoms with Gasteiger partial charge in [0, 0.05) is 13.1 Å². The van der Waals surface area contributed by atoms with Crippen LogP contribution >= 0.6 is 12.4 Å². The number of hydrogen-bond donors (Lipinski definition) is 2. The summed E-state index contributed by atoms with van der Waals surface area (Å²) in [6.07, 6.45) is -3.89. The third kappa shape index (κ3) is 5.56. The molecule has 1 amide bonds. The second kappa shape index (κ2) is 8.35. The zero-order chi connectivity index (χ0) is 18.0. The summed E-state index contributed by atoms with van der Waals surface area (Å²) in [5.74, 6) is -0.240. The SMILES string of the molecule is Cl.NCC1CCN(C(=O)CNS(=O)(=O)c2cccc(C(F)(F)F)c2)C1. The number of sulfonamides is 1. The van der Waals surface area contributed by atoms with E-state index in [1.54, 1.807) is 0 Å². The summed E-state index contributed by atoms with van der Waals surface area (Å²) in [7, 11) is -4.21. The molecule has 3 N–H and O–H groups in total. The zero-order valence-electron chi connectivity index (χ0n) is 13.1. The zero-order valence-corrected chi connectivity index (χ0v) is 14.8. The van der Waals surface area contributed by atoms with E-state index in [1.165, 1.54) is 4.90 Å². The van der Waals surface area contributed by atoms with E-state index in [0.717, 1.165) is 24.6 Å². The minimum atomic E-state index is -4.64. The van der Waals surface area contributed by atoms with Crippen LogP contribution in [0.2, 0.25) is 0 Å². The molecule has 6 nitrogen and oxygen atoms in total. The second-order valence-electron chi connectivity index (χ2n) is 5.58. The highest BCUT2D eigenvalue weighted by molar-refractivity contribution is 7.89. The number of carbonyl (C=O) groups is 1. The van der Waals surface area contributed by atoms with Crippen LogP contribution < -0.4 is 10.5 Å². The Hall–Kier alpha value is -1.36. The van der Waals surface area contributed by atoms with E-state index >= 15 is 0 Å². The first-order valence-corrected chi connectivity index (χ1v) is 8.76. The van der Waals surface area contributed by atoms with E-state index < -0.39 is 39.1 Å². The van der Waals surface area contributed by atoms with Crippen LogP contribution in [0.25, 0.3) is 0 Å². The van der Waals surface area contributed by atoms with Crippen molar-refractivity contribution in [2.24, 2.45) is 11.7 Å². The van der Waals surface area contributed by atoms with E-state index in [2.05, 4.69) is 0 Å². The standard InChI is InChI=1S/C14H18F3N3O3S.ClH/c15-14(16,17)11-2-1-3-12(6-11)24(22,23)19-8-13(21)20-5-4-10(7-18)9-20;/h1-3,6,10,19H,4-5,7-9,18H2;1H. The second-order valence-corrected chi connectivity index (χ2v) is 7.35. The van der Waals surface area contributed by atoms with Gasteiger partial charge < -0.3 is 10.6 Å². The summed E-state index contributed by atoms with van der Waals surface area (Å²) in [4.78, 5) is 12.9. The first-order valence-electron chi connectivity index (χ1n) is 7.28. The fraction of sp³-hybridized carbons (Fsp3) is 0.500. The Kier molecular flexibility index (Phi) is 7.24. The maximum Gasteiger partial charge on any atom is 0.416 e. The van der Waals surface area contributed by atoms with Crippen molar-refractivity contribution in [1.82, 2.24) is 9.62 Å². The molecule has 1 aliphatic heterocycles. The van der Waals surface area contributed by atoms with Gasteiger partial charge >= 0.3 is 6.18 Å². The topological polar surface area (TPSA) is 92.5 Å². The number of hydrogen-bond acceptors (Lipinski definition) is 4. The molecule has 1 unspecified atom stereocenters. The van der Waals surface area contributed by atoms with Gasteiger partial charge in [0.1, 0.15) is 0 Å². The van der Waals surface area contributed by atoms with Gasteiger partial charge in [-0.15, -0.1) is 12.4 Å². The van der Waals surface area contributed by atoms with Crippen LogP contribution in [0.1, 0.15) is 12.0 Å². The van der Waals surface area contributed by atoms with Gasteiger partial charge in [0.25, 0.3) is 0 Å². The summed E-state index contributed by atoms with van der Waals surface area (Å²) >= 11 is 0. The number of carbonyl (C=O) groups excluding carboxylic acids is 1. The van der Waals surface area contributed by atoms with Crippen LogP contribution in [0.15, 0.2) is 29.2 Å². The van der Waals surface area contributed by atoms with E-state index in [-0.39, 0.29) is 18.3 Å². The predicted molar refractivity (Wildman–Crippen MR) is 87.6 cm³/mol. The van der Waals surface area contributed by atoms with Crippen molar-refractivity contribution in [3.8, 4) is 0 Å². The fourth-order valence-electron chi connectivity index (χ4n) is 2.44. The molecule has 1 aliphatic rings. The number of nitrogens with zero attached hydrogens (tertiary/aromatic N) is 1. The molecule has 1 aromatic rings. The minimum absolute atomic E-state index is 0. The minimum Gasteiger partial charge on any atom is -0.341 e. The molecule has 0 radical (unpaired) electrons. The van der Waals surface area contributed by atoms with Gasteiger partial charge in [-0.05, 0) is 37.1 Å². The Morgan fingerprint density at radius 2 is 2.04 bits per heavy atom. The average Bonchev–Trinajstić information content (AvgIpc) is 3.01. The van der Waals surface area contributed by atoms with Gasteiger partial charge in [0.15, 0.2) is 0 Å². The summed E-state index contributed by atoms with van der Waals surface area (Å²) in [6.45, 7) is 0.891. The normalized spacial score (nSPS) is 18.1. The van der Waals surface area contributed by atoms with Gasteiger partial charge in [0.2, 0.25) is 15.9 Å². The molecule has 0 aromatic heterocycles. The highest BCUT2D eigenvalue weighted by Gasteiger charge is 2.32. The average molecular weight is 402 g/mol. The molecule has 1 aromatic carbocycles. The Morgan fingerprint density at radius 3 is 2.60 bits per heavy atom. The molecule has 142 valence electrons. The molecule has 0 spiro atoms. The first kappa shape index (κ1) is 21.7. The molecular formula is C14H19ClF3N3O3S. The van der Waals surface area contributed by atoms with Crippen LogP contribution in [0, 0.1) is 5.92 Å². The van der Waals surface area contributed by atoms with E-state index in [1.807, 2.05) is 4.72 Å². The van der Waals surface area contributed by atoms with Gasteiger partial charge in [-0.25, -0.2) is 13.1 Å². The number of halogens is 4. The lowest BCUT2D eigenvalue weighted by molar-refractivity contribution is -0.137. The van der Waals surface area contributed by atoms with E-state index in [4.69, 9.17) is 5.73 Å². The lowest BCUT2D eigenvalue weighted by Crippen LogP contribution is -2.39. The van der Waals surface area contributed by atoms with E-state index in [9.17, 15) is 26.4 Å². The third-order valence-corrected chi connectivity index (χ3v) is 5.26. The first-order chi connectivity index (χ1) is 11.1. The fourth-order valence-corrected chi connectivity index (χ4v) is 3.46. The molecule has 25 heavy (non-hydrogen) atoms. The Balaban J connectivity index is 0.00000312. The highest BCUT2D eigenvalue weighted by atomic mass is 35.5. The largest absolute Gasteiger partial charge is 0.416 e. The number of nitrogens with two attached hydrogens (primary N) is 1. The predicted octanol–water partition coefficient (Wildman–Crippen LogP) is 1.21. The smallest absolute Gasteiger partial charge is 0.341 e. The Morgan fingerprint density at radius 1 is 1.36 bits per heavy atom. The molecule has 1 saturated heterocycles. The van der Waals surface area contributed by atoms with Crippen LogP contribution in [0.5, 0.6) is 0 Å². The number of nitrogens with one attached hydrogen (secondary N) is 1. The molecule has 0 aliphatic carbocycles. The molecular weight excluding hydrogens is 383 g/mol. The summed E-state index contributed by atoms with van der Waals surface area (Å²) in [5, 5.41) is 0. The molecule has 0 saturated carbocycles. The van der Waals surface area contributed by atoms with Crippen LogP contribution in [-0.4, -0.2) is 45.4 Å². The number of amides is 1. The van der Waals surface area contributed by atoms with Crippen molar-refractivity contribution in [2.75, 3.05) is 26.2 Å². The van der Waals surface area contributed by atoms with Crippen molar-refractivity contribution in [3.63, 3.8) is 0 Å². The number of rotatable bonds is 5. The summed E-state index contributed by atoms with van der Waals surface area (Å²) in [5.41, 5.74) is 4.46. The van der Waals surface area contributed by atoms with Crippen molar-refractivity contribution in [3.05, 3.63) is 29.8 Å². The lowest BCUT2D eigenvalue weighted by Gasteiger charge is -2.17. The van der Waals surface area contributed by atoms with Crippen LogP contribution in [0.3, 0.4) is 0 Å². The molecule has 2 rings (SSSR count). The molecule has 1 fully saturated rings. The van der Waals surface area contributed by atoms with Crippen LogP contribution in [0.4, 0.5) is 13.2 Å². The van der Waals surface area contributed by atoms with Gasteiger partial charge in [0.05, 0.1) is 17.0 Å². The van der Waals surface area contributed by atoms with Gasteiger partial charge in [-0.1, -0.05) is 6.07 Å². The maximum atomic E-state index is 12.7. The van der Waals surface area contributed by atoms with Gasteiger partial charge in [-0.3, -0.25) is 4.79 Å². The van der Waals surface area contributed by atoms with Crippen molar-refractivity contribution in [1.29, 1.82) is 0 Å². The van der Waals surface area contributed by atoms with Crippen LogP contribution in [-0.2, 0) is 21.0 Å². The molecule has 0 bridgehead atoms. The highest BCUT2D eigenvalue weighted by Crippen LogP contribution is 2.30. The third-order valence-electron chi connectivity index (χ3n) is 3.86. The molecule has 11 heteroatoms. The van der Waals surface area contributed by atoms with Crippen molar-refractivity contribution >= 4 is 28.3 Å². The lowest BCUT2D eigenvalue weighted by atomic mass is 10.1. The summed E-state index contributed by atoms with van der Waals surface area (Å²) in [6, 6.07) is 3.36. The van der Waals surface area contributed by atoms with E-state index in [0.29, 0.717) is 25.7 Å². The number of benzene rings is 1. The number of likely N-dealkylation sites (tertiary alicyclic amines) is 1. The molecule has 1 atom stereocenters. The van der Waals surface area contributed by atoms with Gasteiger partial charge in [-0.2, -0.15) is 13.2 Å².